The smallest absolute Gasteiger partial charge is 0.0374 e. The van der Waals surface area contributed by atoms with E-state index in [4.69, 9.17) is 0 Å². The van der Waals surface area contributed by atoms with Gasteiger partial charge in [-0.05, 0) is 60.2 Å². The van der Waals surface area contributed by atoms with E-state index < -0.39 is 0 Å². The highest BCUT2D eigenvalue weighted by molar-refractivity contribution is 7.17. The van der Waals surface area contributed by atoms with Gasteiger partial charge in [-0.2, -0.15) is 0 Å². The molecule has 19 heavy (non-hydrogen) atoms. The second kappa shape index (κ2) is 5.18. The standard InChI is InChI=1S/C18H18S/c1-13-3-5-15(6-4-13)7-8-16-9-10-17-11-12-19-18(17)14(16)2/h3-6,9-12H,7-8H2,1-2H3. The average molecular weight is 266 g/mol. The second-order valence-corrected chi connectivity index (χ2v) is 6.09. The molecule has 0 aliphatic rings. The lowest BCUT2D eigenvalue weighted by Crippen LogP contribution is -1.94. The number of hydrogen-bond acceptors (Lipinski definition) is 1. The minimum Gasteiger partial charge on any atom is -0.144 e. The van der Waals surface area contributed by atoms with Crippen LogP contribution in [0.5, 0.6) is 0 Å². The number of aryl methyl sites for hydroxylation is 4. The Morgan fingerprint density at radius 1 is 0.842 bits per heavy atom. The fourth-order valence-corrected chi connectivity index (χ4v) is 3.45. The van der Waals surface area contributed by atoms with E-state index in [1.807, 2.05) is 11.3 Å². The van der Waals surface area contributed by atoms with Crippen LogP contribution in [0, 0.1) is 13.8 Å². The van der Waals surface area contributed by atoms with Crippen LogP contribution >= 0.6 is 11.3 Å². The van der Waals surface area contributed by atoms with E-state index in [0.717, 1.165) is 12.8 Å². The molecule has 0 amide bonds. The molecule has 3 rings (SSSR count). The van der Waals surface area contributed by atoms with Gasteiger partial charge >= 0.3 is 0 Å². The first kappa shape index (κ1) is 12.4. The third-order valence-electron chi connectivity index (χ3n) is 3.79. The molecule has 0 unspecified atom stereocenters. The van der Waals surface area contributed by atoms with Crippen LogP contribution in [0.25, 0.3) is 10.1 Å². The van der Waals surface area contributed by atoms with Crippen LogP contribution in [0.3, 0.4) is 0 Å². The maximum absolute atomic E-state index is 2.29. The molecule has 0 N–H and O–H groups in total. The molecule has 1 heterocycles. The maximum atomic E-state index is 2.29. The van der Waals surface area contributed by atoms with Crippen LogP contribution in [-0.4, -0.2) is 0 Å². The number of fused-ring (bicyclic) bond motifs is 1. The monoisotopic (exact) mass is 266 g/mol. The summed E-state index contributed by atoms with van der Waals surface area (Å²) in [6.07, 6.45) is 2.25. The van der Waals surface area contributed by atoms with E-state index in [9.17, 15) is 0 Å². The lowest BCUT2D eigenvalue weighted by atomic mass is 9.99. The molecule has 0 aliphatic carbocycles. The first-order chi connectivity index (χ1) is 9.24. The molecule has 2 aromatic carbocycles. The summed E-state index contributed by atoms with van der Waals surface area (Å²) in [4.78, 5) is 0. The summed E-state index contributed by atoms with van der Waals surface area (Å²) in [6.45, 7) is 4.39. The maximum Gasteiger partial charge on any atom is 0.0374 e. The third-order valence-corrected chi connectivity index (χ3v) is 4.84. The van der Waals surface area contributed by atoms with Crippen LogP contribution in [0.1, 0.15) is 22.3 Å². The average Bonchev–Trinajstić information content (AvgIpc) is 2.89. The zero-order valence-corrected chi connectivity index (χ0v) is 12.3. The largest absolute Gasteiger partial charge is 0.144 e. The van der Waals surface area contributed by atoms with Crippen molar-refractivity contribution in [3.8, 4) is 0 Å². The summed E-state index contributed by atoms with van der Waals surface area (Å²) < 4.78 is 1.45. The Labute approximate surface area is 118 Å². The van der Waals surface area contributed by atoms with Crippen molar-refractivity contribution in [2.45, 2.75) is 26.7 Å². The summed E-state index contributed by atoms with van der Waals surface area (Å²) in [5, 5.41) is 3.56. The van der Waals surface area contributed by atoms with Gasteiger partial charge in [0.15, 0.2) is 0 Å². The first-order valence-electron chi connectivity index (χ1n) is 6.75. The summed E-state index contributed by atoms with van der Waals surface area (Å²) in [7, 11) is 0. The van der Waals surface area contributed by atoms with Crippen LogP contribution in [-0.2, 0) is 12.8 Å². The molecule has 0 atom stereocenters. The van der Waals surface area contributed by atoms with Crippen molar-refractivity contribution in [3.05, 3.63) is 70.1 Å². The molecular formula is C18H18S. The molecule has 0 aliphatic heterocycles. The molecule has 0 saturated heterocycles. The predicted molar refractivity (Wildman–Crippen MR) is 85.1 cm³/mol. The van der Waals surface area contributed by atoms with E-state index in [-0.39, 0.29) is 0 Å². The molecule has 0 saturated carbocycles. The van der Waals surface area contributed by atoms with E-state index in [1.54, 1.807) is 0 Å². The summed E-state index contributed by atoms with van der Waals surface area (Å²) in [5.74, 6) is 0. The number of rotatable bonds is 3. The fraction of sp³-hybridized carbons (Fsp3) is 0.222. The van der Waals surface area contributed by atoms with E-state index in [1.165, 1.54) is 32.3 Å². The van der Waals surface area contributed by atoms with Gasteiger partial charge in [0.1, 0.15) is 0 Å². The zero-order chi connectivity index (χ0) is 13.2. The van der Waals surface area contributed by atoms with E-state index >= 15 is 0 Å². The minimum absolute atomic E-state index is 1.12. The van der Waals surface area contributed by atoms with Crippen molar-refractivity contribution in [2.24, 2.45) is 0 Å². The van der Waals surface area contributed by atoms with Gasteiger partial charge in [-0.3, -0.25) is 0 Å². The van der Waals surface area contributed by atoms with Gasteiger partial charge in [0.05, 0.1) is 0 Å². The molecule has 0 bridgehead atoms. The highest BCUT2D eigenvalue weighted by atomic mass is 32.1. The van der Waals surface area contributed by atoms with Gasteiger partial charge in [0.25, 0.3) is 0 Å². The number of thiophene rings is 1. The topological polar surface area (TPSA) is 0 Å². The highest BCUT2D eigenvalue weighted by Crippen LogP contribution is 2.27. The molecule has 1 aromatic heterocycles. The third kappa shape index (κ3) is 2.57. The Morgan fingerprint density at radius 3 is 2.42 bits per heavy atom. The van der Waals surface area contributed by atoms with Crippen molar-refractivity contribution in [1.82, 2.24) is 0 Å². The lowest BCUT2D eigenvalue weighted by Gasteiger charge is -2.07. The van der Waals surface area contributed by atoms with Gasteiger partial charge in [0, 0.05) is 4.70 Å². The first-order valence-corrected chi connectivity index (χ1v) is 7.63. The number of hydrogen-bond donors (Lipinski definition) is 0. The summed E-state index contributed by atoms with van der Waals surface area (Å²) in [6, 6.07) is 15.6. The SMILES string of the molecule is Cc1ccc(CCc2ccc3ccsc3c2C)cc1. The van der Waals surface area contributed by atoms with E-state index in [0.29, 0.717) is 0 Å². The van der Waals surface area contributed by atoms with Gasteiger partial charge in [0.2, 0.25) is 0 Å². The minimum atomic E-state index is 1.12. The summed E-state index contributed by atoms with van der Waals surface area (Å²) in [5.41, 5.74) is 5.70. The Morgan fingerprint density at radius 2 is 1.63 bits per heavy atom. The number of benzene rings is 2. The molecule has 0 radical (unpaired) electrons. The van der Waals surface area contributed by atoms with Crippen molar-refractivity contribution < 1.29 is 0 Å². The molecule has 96 valence electrons. The Hall–Kier alpha value is -1.60. The van der Waals surface area contributed by atoms with Gasteiger partial charge in [-0.25, -0.2) is 0 Å². The summed E-state index contributed by atoms with van der Waals surface area (Å²) >= 11 is 1.85. The van der Waals surface area contributed by atoms with Gasteiger partial charge < -0.3 is 0 Å². The normalized spacial score (nSPS) is 11.1. The van der Waals surface area contributed by atoms with Crippen molar-refractivity contribution in [1.29, 1.82) is 0 Å². The molecule has 0 fully saturated rings. The molecule has 3 aromatic rings. The molecule has 0 spiro atoms. The van der Waals surface area contributed by atoms with Crippen molar-refractivity contribution in [3.63, 3.8) is 0 Å². The highest BCUT2D eigenvalue weighted by Gasteiger charge is 2.05. The van der Waals surface area contributed by atoms with Crippen LogP contribution in [0.15, 0.2) is 47.8 Å². The second-order valence-electron chi connectivity index (χ2n) is 5.17. The Bertz CT molecular complexity index is 689. The predicted octanol–water partition coefficient (Wildman–Crippen LogP) is 5.30. The van der Waals surface area contributed by atoms with Crippen LogP contribution < -0.4 is 0 Å². The van der Waals surface area contributed by atoms with Crippen molar-refractivity contribution >= 4 is 21.4 Å². The van der Waals surface area contributed by atoms with Gasteiger partial charge in [-0.15, -0.1) is 11.3 Å². The van der Waals surface area contributed by atoms with Crippen LogP contribution in [0.2, 0.25) is 0 Å². The van der Waals surface area contributed by atoms with E-state index in [2.05, 4.69) is 61.7 Å². The lowest BCUT2D eigenvalue weighted by molar-refractivity contribution is 0.952. The van der Waals surface area contributed by atoms with Gasteiger partial charge in [-0.1, -0.05) is 42.0 Å². The quantitative estimate of drug-likeness (QED) is 0.603. The Balaban J connectivity index is 1.81. The molecule has 0 nitrogen and oxygen atoms in total. The van der Waals surface area contributed by atoms with Crippen LogP contribution in [0.4, 0.5) is 0 Å². The van der Waals surface area contributed by atoms with Crippen molar-refractivity contribution in [2.75, 3.05) is 0 Å². The zero-order valence-electron chi connectivity index (χ0n) is 11.4. The fourth-order valence-electron chi connectivity index (χ4n) is 2.52. The molecular weight excluding hydrogens is 248 g/mol. The Kier molecular flexibility index (Phi) is 3.39. The molecule has 1 heteroatoms.